The van der Waals surface area contributed by atoms with Crippen LogP contribution in [0.25, 0.3) is 0 Å². The Morgan fingerprint density at radius 1 is 1.32 bits per heavy atom. The van der Waals surface area contributed by atoms with Crippen LogP contribution in [0, 0.1) is 0 Å². The van der Waals surface area contributed by atoms with Gasteiger partial charge in [-0.3, -0.25) is 9.78 Å². The molecule has 6 nitrogen and oxygen atoms in total. The second-order valence-corrected chi connectivity index (χ2v) is 5.65. The van der Waals surface area contributed by atoms with E-state index in [9.17, 15) is 4.79 Å². The van der Waals surface area contributed by atoms with Gasteiger partial charge in [-0.05, 0) is 25.0 Å². The molecule has 2 aliphatic rings. The van der Waals surface area contributed by atoms with Gasteiger partial charge >= 0.3 is 0 Å². The predicted octanol–water partition coefficient (Wildman–Crippen LogP) is 1.54. The summed E-state index contributed by atoms with van der Waals surface area (Å²) in [6.45, 7) is 0.0434. The van der Waals surface area contributed by atoms with Crippen LogP contribution in [0.2, 0.25) is 0 Å². The number of ether oxygens (including phenoxy) is 1. The lowest BCUT2D eigenvalue weighted by Gasteiger charge is -2.35. The largest absolute Gasteiger partial charge is 0.482 e. The normalized spacial score (nSPS) is 22.3. The summed E-state index contributed by atoms with van der Waals surface area (Å²) in [5.74, 6) is 0.634. The third kappa shape index (κ3) is 2.20. The average molecular weight is 296 g/mol. The van der Waals surface area contributed by atoms with Gasteiger partial charge in [0.25, 0.3) is 5.91 Å². The van der Waals surface area contributed by atoms with Crippen LogP contribution in [0.1, 0.15) is 30.1 Å². The Morgan fingerprint density at radius 3 is 3.14 bits per heavy atom. The molecule has 0 N–H and O–H groups in total. The Hall–Kier alpha value is -2.50. The molecule has 1 saturated heterocycles. The van der Waals surface area contributed by atoms with E-state index in [-0.39, 0.29) is 24.6 Å². The van der Waals surface area contributed by atoms with E-state index in [1.165, 1.54) is 0 Å². The van der Waals surface area contributed by atoms with Crippen molar-refractivity contribution in [1.82, 2.24) is 19.9 Å². The molecule has 0 aromatic carbocycles. The van der Waals surface area contributed by atoms with Gasteiger partial charge in [-0.1, -0.05) is 0 Å². The minimum absolute atomic E-state index is 0.0193. The quantitative estimate of drug-likeness (QED) is 0.859. The molecule has 0 radical (unpaired) electrons. The van der Waals surface area contributed by atoms with Crippen LogP contribution in [-0.2, 0) is 11.2 Å². The number of amides is 1. The van der Waals surface area contributed by atoms with E-state index in [4.69, 9.17) is 4.74 Å². The third-order valence-electron chi connectivity index (χ3n) is 4.40. The summed E-state index contributed by atoms with van der Waals surface area (Å²) in [7, 11) is 0. The smallest absolute Gasteiger partial charge is 0.261 e. The zero-order valence-electron chi connectivity index (χ0n) is 12.1. The number of nitrogens with zero attached hydrogens (tertiary/aromatic N) is 4. The molecule has 2 bridgehead atoms. The molecule has 2 aliphatic heterocycles. The Labute approximate surface area is 128 Å². The zero-order chi connectivity index (χ0) is 14.9. The Morgan fingerprint density at radius 2 is 2.27 bits per heavy atom. The standard InChI is InChI=1S/C16H16N4O2/c21-16(9-22-12-2-1-5-17-7-12)20-11-3-4-15(20)13-8-18-10-19-14(13)6-11/h1-2,5,7-8,10-11,15H,3-4,6,9H2. The summed E-state index contributed by atoms with van der Waals surface area (Å²) >= 11 is 0. The molecule has 0 spiro atoms. The van der Waals surface area contributed by atoms with Crippen LogP contribution < -0.4 is 4.74 Å². The van der Waals surface area contributed by atoms with Crippen LogP contribution in [-0.4, -0.2) is 38.4 Å². The second-order valence-electron chi connectivity index (χ2n) is 5.65. The van der Waals surface area contributed by atoms with Gasteiger partial charge in [-0.25, -0.2) is 9.97 Å². The van der Waals surface area contributed by atoms with E-state index in [0.29, 0.717) is 5.75 Å². The Bertz CT molecular complexity index is 692. The van der Waals surface area contributed by atoms with Crippen molar-refractivity contribution < 1.29 is 9.53 Å². The number of carbonyl (C=O) groups excluding carboxylic acids is 1. The first-order valence-corrected chi connectivity index (χ1v) is 7.45. The van der Waals surface area contributed by atoms with Gasteiger partial charge in [0.05, 0.1) is 17.9 Å². The van der Waals surface area contributed by atoms with Crippen molar-refractivity contribution in [2.75, 3.05) is 6.61 Å². The maximum atomic E-state index is 12.6. The molecule has 4 rings (SSSR count). The Balaban J connectivity index is 1.50. The lowest BCUT2D eigenvalue weighted by atomic mass is 9.99. The fourth-order valence-corrected chi connectivity index (χ4v) is 3.46. The molecule has 2 aromatic rings. The van der Waals surface area contributed by atoms with Gasteiger partial charge in [0, 0.05) is 30.4 Å². The number of pyridine rings is 1. The van der Waals surface area contributed by atoms with E-state index in [2.05, 4.69) is 15.0 Å². The summed E-state index contributed by atoms with van der Waals surface area (Å²) in [4.78, 5) is 27.0. The SMILES string of the molecule is O=C(COc1cccnc1)N1C2CCC1c1cncnc1C2. The molecule has 112 valence electrons. The van der Waals surface area contributed by atoms with E-state index in [1.807, 2.05) is 11.1 Å². The first kappa shape index (κ1) is 13.2. The van der Waals surface area contributed by atoms with E-state index in [1.54, 1.807) is 30.9 Å². The van der Waals surface area contributed by atoms with Crippen LogP contribution >= 0.6 is 0 Å². The monoisotopic (exact) mass is 296 g/mol. The van der Waals surface area contributed by atoms with E-state index < -0.39 is 0 Å². The highest BCUT2D eigenvalue weighted by molar-refractivity contribution is 5.79. The third-order valence-corrected chi connectivity index (χ3v) is 4.40. The topological polar surface area (TPSA) is 68.2 Å². The molecule has 6 heteroatoms. The minimum Gasteiger partial charge on any atom is -0.482 e. The van der Waals surface area contributed by atoms with Gasteiger partial charge in [0.1, 0.15) is 12.1 Å². The minimum atomic E-state index is 0.0193. The van der Waals surface area contributed by atoms with Gasteiger partial charge in [-0.2, -0.15) is 0 Å². The maximum absolute atomic E-state index is 12.6. The molecule has 0 saturated carbocycles. The zero-order valence-corrected chi connectivity index (χ0v) is 12.1. The van der Waals surface area contributed by atoms with Crippen LogP contribution in [0.4, 0.5) is 0 Å². The molecule has 22 heavy (non-hydrogen) atoms. The highest BCUT2D eigenvalue weighted by Gasteiger charge is 2.43. The van der Waals surface area contributed by atoms with Gasteiger partial charge in [0.2, 0.25) is 0 Å². The van der Waals surface area contributed by atoms with Crippen LogP contribution in [0.15, 0.2) is 37.1 Å². The van der Waals surface area contributed by atoms with E-state index in [0.717, 1.165) is 30.5 Å². The van der Waals surface area contributed by atoms with Gasteiger partial charge in [-0.15, -0.1) is 0 Å². The van der Waals surface area contributed by atoms with Crippen LogP contribution in [0.5, 0.6) is 5.75 Å². The van der Waals surface area contributed by atoms with Crippen molar-refractivity contribution in [3.63, 3.8) is 0 Å². The van der Waals surface area contributed by atoms with Crippen molar-refractivity contribution in [3.05, 3.63) is 48.3 Å². The molecule has 4 heterocycles. The average Bonchev–Trinajstić information content (AvgIpc) is 2.89. The predicted molar refractivity (Wildman–Crippen MR) is 78.1 cm³/mol. The molecule has 1 fully saturated rings. The number of hydrogen-bond donors (Lipinski definition) is 0. The fraction of sp³-hybridized carbons (Fsp3) is 0.375. The number of hydrogen-bond acceptors (Lipinski definition) is 5. The van der Waals surface area contributed by atoms with Crippen molar-refractivity contribution in [3.8, 4) is 5.75 Å². The summed E-state index contributed by atoms with van der Waals surface area (Å²) < 4.78 is 5.55. The molecular weight excluding hydrogens is 280 g/mol. The highest BCUT2D eigenvalue weighted by Crippen LogP contribution is 2.42. The first-order chi connectivity index (χ1) is 10.8. The summed E-state index contributed by atoms with van der Waals surface area (Å²) in [5, 5.41) is 0. The van der Waals surface area contributed by atoms with Crippen molar-refractivity contribution in [2.24, 2.45) is 0 Å². The molecule has 1 amide bonds. The van der Waals surface area contributed by atoms with Gasteiger partial charge in [0.15, 0.2) is 6.61 Å². The fourth-order valence-electron chi connectivity index (χ4n) is 3.46. The van der Waals surface area contributed by atoms with Gasteiger partial charge < -0.3 is 9.64 Å². The lowest BCUT2D eigenvalue weighted by Crippen LogP contribution is -2.44. The molecule has 2 aromatic heterocycles. The lowest BCUT2D eigenvalue weighted by molar-refractivity contribution is -0.137. The van der Waals surface area contributed by atoms with E-state index >= 15 is 0 Å². The molecule has 0 aliphatic carbocycles. The number of fused-ring (bicyclic) bond motifs is 4. The van der Waals surface area contributed by atoms with Crippen molar-refractivity contribution >= 4 is 5.91 Å². The van der Waals surface area contributed by atoms with Crippen molar-refractivity contribution in [1.29, 1.82) is 0 Å². The number of aromatic nitrogens is 3. The highest BCUT2D eigenvalue weighted by atomic mass is 16.5. The number of carbonyl (C=O) groups is 1. The van der Waals surface area contributed by atoms with Crippen LogP contribution in [0.3, 0.4) is 0 Å². The Kier molecular flexibility index (Phi) is 3.21. The summed E-state index contributed by atoms with van der Waals surface area (Å²) in [5.41, 5.74) is 2.17. The maximum Gasteiger partial charge on any atom is 0.261 e. The first-order valence-electron chi connectivity index (χ1n) is 7.45. The molecular formula is C16H16N4O2. The molecule has 2 atom stereocenters. The molecule has 2 unspecified atom stereocenters. The van der Waals surface area contributed by atoms with Crippen molar-refractivity contribution in [2.45, 2.75) is 31.3 Å². The second kappa shape index (κ2) is 5.36. The summed E-state index contributed by atoms with van der Waals surface area (Å²) in [6, 6.07) is 3.92. The summed E-state index contributed by atoms with van der Waals surface area (Å²) in [6.07, 6.45) is 9.52. The number of rotatable bonds is 3.